The lowest BCUT2D eigenvalue weighted by atomic mass is 10.1. The van der Waals surface area contributed by atoms with E-state index in [1.54, 1.807) is 0 Å². The molecule has 0 radical (unpaired) electrons. The van der Waals surface area contributed by atoms with Crippen LogP contribution in [0.5, 0.6) is 0 Å². The average Bonchev–Trinajstić information content (AvgIpc) is 4.08. The van der Waals surface area contributed by atoms with Gasteiger partial charge in [0.05, 0.1) is 44.5 Å². The van der Waals surface area contributed by atoms with Crippen molar-refractivity contribution in [3.8, 4) is 17.1 Å². The molecule has 0 saturated heterocycles. The molecule has 3 heterocycles. The molecule has 0 saturated carbocycles. The fourth-order valence-electron chi connectivity index (χ4n) is 11.1. The van der Waals surface area contributed by atoms with E-state index in [-0.39, 0.29) is 0 Å². The Hall–Kier alpha value is -9.58. The van der Waals surface area contributed by atoms with Crippen molar-refractivity contribution in [1.82, 2.24) is 13.7 Å². The van der Waals surface area contributed by atoms with Gasteiger partial charge >= 0.3 is 0 Å². The van der Waals surface area contributed by atoms with E-state index in [0.717, 1.165) is 73.3 Å². The van der Waals surface area contributed by atoms with Crippen LogP contribution in [-0.4, -0.2) is 13.7 Å². The van der Waals surface area contributed by atoms with Crippen molar-refractivity contribution in [1.29, 1.82) is 0 Å². The molecular weight excluding hydrogens is 863 g/mol. The minimum atomic E-state index is 1.04. The van der Waals surface area contributed by atoms with Crippen LogP contribution in [0.1, 0.15) is 0 Å². The number of aromatic nitrogens is 3. The first kappa shape index (κ1) is 40.5. The first-order valence-corrected chi connectivity index (χ1v) is 24.3. The lowest BCUT2D eigenvalue weighted by molar-refractivity contribution is 1.14. The molecule has 0 aliphatic carbocycles. The average molecular weight is 908 g/mol. The predicted molar refractivity (Wildman–Crippen MR) is 299 cm³/mol. The highest BCUT2D eigenvalue weighted by molar-refractivity contribution is 6.13. The zero-order valence-electron chi connectivity index (χ0n) is 38.7. The van der Waals surface area contributed by atoms with Gasteiger partial charge in [0.1, 0.15) is 0 Å². The smallest absolute Gasteiger partial charge is 0.0723 e. The molecule has 0 N–H and O–H groups in total. The van der Waals surface area contributed by atoms with E-state index in [4.69, 9.17) is 0 Å². The fraction of sp³-hybridized carbons (Fsp3) is 0. The molecule has 71 heavy (non-hydrogen) atoms. The van der Waals surface area contributed by atoms with Crippen molar-refractivity contribution < 1.29 is 0 Å². The topological polar surface area (TPSA) is 21.3 Å². The summed E-state index contributed by atoms with van der Waals surface area (Å²) in [6.07, 6.45) is 0. The Kier molecular flexibility index (Phi) is 9.46. The molecule has 0 aliphatic heterocycles. The van der Waals surface area contributed by atoms with Gasteiger partial charge in [0, 0.05) is 72.1 Å². The predicted octanol–water partition coefficient (Wildman–Crippen LogP) is 17.9. The van der Waals surface area contributed by atoms with Gasteiger partial charge in [0.25, 0.3) is 0 Å². The number of para-hydroxylation sites is 8. The van der Waals surface area contributed by atoms with Crippen LogP contribution >= 0.6 is 0 Å². The lowest BCUT2D eigenvalue weighted by Crippen LogP contribution is -2.15. The van der Waals surface area contributed by atoms with Crippen molar-refractivity contribution in [3.63, 3.8) is 0 Å². The molecule has 5 nitrogen and oxygen atoms in total. The summed E-state index contributed by atoms with van der Waals surface area (Å²) >= 11 is 0. The van der Waals surface area contributed by atoms with Crippen molar-refractivity contribution >= 4 is 99.5 Å². The largest absolute Gasteiger partial charge is 0.310 e. The van der Waals surface area contributed by atoms with Gasteiger partial charge in [-0.25, -0.2) is 0 Å². The number of hydrogen-bond donors (Lipinski definition) is 0. The summed E-state index contributed by atoms with van der Waals surface area (Å²) in [5, 5.41) is 7.23. The first-order chi connectivity index (χ1) is 35.3. The number of hydrogen-bond acceptors (Lipinski definition) is 2. The van der Waals surface area contributed by atoms with Gasteiger partial charge in [-0.2, -0.15) is 0 Å². The summed E-state index contributed by atoms with van der Waals surface area (Å²) in [4.78, 5) is 4.85. The van der Waals surface area contributed by atoms with Crippen LogP contribution in [0.2, 0.25) is 0 Å². The number of benzene rings is 11. The molecular formula is C66H45N5. The maximum absolute atomic E-state index is 2.47. The molecule has 0 fully saturated rings. The molecule has 3 aromatic heterocycles. The Bertz CT molecular complexity index is 4230. The van der Waals surface area contributed by atoms with Crippen molar-refractivity contribution in [2.75, 3.05) is 9.80 Å². The highest BCUT2D eigenvalue weighted by Gasteiger charge is 2.25. The summed E-state index contributed by atoms with van der Waals surface area (Å²) in [5.74, 6) is 0. The highest BCUT2D eigenvalue weighted by Crippen LogP contribution is 2.47. The van der Waals surface area contributed by atoms with E-state index in [2.05, 4.69) is 296 Å². The van der Waals surface area contributed by atoms with Crippen molar-refractivity contribution in [2.24, 2.45) is 0 Å². The van der Waals surface area contributed by atoms with E-state index in [1.165, 1.54) is 43.4 Å². The van der Waals surface area contributed by atoms with Gasteiger partial charge in [-0.15, -0.1) is 0 Å². The maximum Gasteiger partial charge on any atom is 0.0723 e. The normalized spacial score (nSPS) is 11.7. The van der Waals surface area contributed by atoms with Gasteiger partial charge in [-0.05, 0) is 127 Å². The zero-order valence-corrected chi connectivity index (χ0v) is 38.7. The number of rotatable bonds is 9. The number of fused-ring (bicyclic) bond motifs is 9. The number of nitrogens with zero attached hydrogens (tertiary/aromatic N) is 5. The van der Waals surface area contributed by atoms with Crippen LogP contribution in [-0.2, 0) is 0 Å². The van der Waals surface area contributed by atoms with E-state index >= 15 is 0 Å². The molecule has 5 heteroatoms. The Morgan fingerprint density at radius 2 is 0.535 bits per heavy atom. The van der Waals surface area contributed by atoms with Crippen LogP contribution in [0.25, 0.3) is 82.5 Å². The van der Waals surface area contributed by atoms with Gasteiger partial charge in [-0.1, -0.05) is 146 Å². The van der Waals surface area contributed by atoms with Gasteiger partial charge in [0.15, 0.2) is 0 Å². The maximum atomic E-state index is 2.47. The molecule has 0 bridgehead atoms. The molecule has 11 aromatic carbocycles. The van der Waals surface area contributed by atoms with Crippen LogP contribution in [0, 0.1) is 0 Å². The van der Waals surface area contributed by atoms with Crippen molar-refractivity contribution in [2.45, 2.75) is 0 Å². The quantitative estimate of drug-likeness (QED) is 0.144. The summed E-state index contributed by atoms with van der Waals surface area (Å²) in [6.45, 7) is 0. The van der Waals surface area contributed by atoms with Crippen LogP contribution in [0.3, 0.4) is 0 Å². The second-order valence-corrected chi connectivity index (χ2v) is 18.2. The second kappa shape index (κ2) is 16.6. The van der Waals surface area contributed by atoms with E-state index in [1.807, 2.05) is 0 Å². The molecule has 14 rings (SSSR count). The number of anilines is 6. The highest BCUT2D eigenvalue weighted by atomic mass is 15.2. The van der Waals surface area contributed by atoms with Crippen LogP contribution < -0.4 is 9.80 Å². The van der Waals surface area contributed by atoms with Crippen LogP contribution in [0.15, 0.2) is 273 Å². The zero-order chi connectivity index (χ0) is 46.8. The summed E-state index contributed by atoms with van der Waals surface area (Å²) in [7, 11) is 0. The third-order valence-corrected chi connectivity index (χ3v) is 14.2. The third kappa shape index (κ3) is 6.55. The second-order valence-electron chi connectivity index (χ2n) is 18.2. The molecule has 0 atom stereocenters. The Morgan fingerprint density at radius 3 is 1.00 bits per heavy atom. The molecule has 0 spiro atoms. The SMILES string of the molecule is c1ccc(N(c2ccc(N(c3ccccc3)c3ccc4c(c3)c3ccccc3n4-c3ccccc3)c(-n3c4ccccc4c4ccccc43)c2)c2ccc3c(c2)c2ccccc2n3-c2ccccc2)cc1. The van der Waals surface area contributed by atoms with E-state index in [0.29, 0.717) is 0 Å². The molecule has 0 amide bonds. The third-order valence-electron chi connectivity index (χ3n) is 14.2. The summed E-state index contributed by atoms with van der Waals surface area (Å²) < 4.78 is 7.24. The van der Waals surface area contributed by atoms with Gasteiger partial charge in [-0.3, -0.25) is 0 Å². The fourth-order valence-corrected chi connectivity index (χ4v) is 11.1. The Morgan fingerprint density at radius 1 is 0.211 bits per heavy atom. The van der Waals surface area contributed by atoms with E-state index < -0.39 is 0 Å². The van der Waals surface area contributed by atoms with Crippen molar-refractivity contribution in [3.05, 3.63) is 273 Å². The Labute approximate surface area is 411 Å². The summed E-state index contributed by atoms with van der Waals surface area (Å²) in [5.41, 5.74) is 16.7. The lowest BCUT2D eigenvalue weighted by Gasteiger charge is -2.31. The van der Waals surface area contributed by atoms with E-state index in [9.17, 15) is 0 Å². The Balaban J connectivity index is 1.04. The van der Waals surface area contributed by atoms with Crippen LogP contribution in [0.4, 0.5) is 34.1 Å². The molecule has 0 aliphatic rings. The minimum absolute atomic E-state index is 1.04. The van der Waals surface area contributed by atoms with Gasteiger partial charge in [0.2, 0.25) is 0 Å². The molecule has 14 aromatic rings. The minimum Gasteiger partial charge on any atom is -0.310 e. The standard InChI is InChI=1S/C66H45N5/c1-5-21-46(22-6-1)67(50-37-40-63-57(43-50)55-31-15-17-33-59(55)69(63)48-25-9-3-10-26-48)52-39-42-65(66(45-52)71-61-35-19-13-29-53(61)54-30-14-20-36-62(54)71)68(47-23-7-2-8-24-47)51-38-41-64-58(44-51)56-32-16-18-34-60(56)70(64)49-27-11-4-12-28-49/h1-45H. The monoisotopic (exact) mass is 907 g/mol. The molecule has 0 unspecified atom stereocenters. The first-order valence-electron chi connectivity index (χ1n) is 24.3. The molecule has 334 valence electrons. The summed E-state index contributed by atoms with van der Waals surface area (Å²) in [6, 6.07) is 99.0. The van der Waals surface area contributed by atoms with Gasteiger partial charge < -0.3 is 23.5 Å².